The Balaban J connectivity index is 1.51. The second kappa shape index (κ2) is 9.10. The van der Waals surface area contributed by atoms with Gasteiger partial charge in [-0.15, -0.1) is 0 Å². The lowest BCUT2D eigenvalue weighted by Gasteiger charge is -2.34. The van der Waals surface area contributed by atoms with Crippen LogP contribution >= 0.6 is 0 Å². The SMILES string of the molecule is COc1ccccc1C1CCN(c2nc(-c3ccccc3)nc3ccc(N(C)C)cc23)CC1. The normalized spacial score (nSPS) is 14.5. The van der Waals surface area contributed by atoms with Gasteiger partial charge in [0.2, 0.25) is 0 Å². The van der Waals surface area contributed by atoms with E-state index in [4.69, 9.17) is 14.7 Å². The molecule has 5 nitrogen and oxygen atoms in total. The summed E-state index contributed by atoms with van der Waals surface area (Å²) in [6, 6.07) is 25.1. The van der Waals surface area contributed by atoms with E-state index in [9.17, 15) is 0 Å². The fourth-order valence-corrected chi connectivity index (χ4v) is 4.74. The number of hydrogen-bond acceptors (Lipinski definition) is 5. The quantitative estimate of drug-likeness (QED) is 0.397. The van der Waals surface area contributed by atoms with E-state index in [0.717, 1.165) is 65.5 Å². The number of methoxy groups -OCH3 is 1. The molecule has 2 heterocycles. The van der Waals surface area contributed by atoms with Crippen LogP contribution < -0.4 is 14.5 Å². The van der Waals surface area contributed by atoms with Gasteiger partial charge in [0.15, 0.2) is 5.82 Å². The van der Waals surface area contributed by atoms with Gasteiger partial charge in [0, 0.05) is 43.8 Å². The zero-order valence-corrected chi connectivity index (χ0v) is 19.5. The molecule has 0 aliphatic carbocycles. The van der Waals surface area contributed by atoms with Gasteiger partial charge < -0.3 is 14.5 Å². The Kier molecular flexibility index (Phi) is 5.86. The first kappa shape index (κ1) is 21.3. The number of anilines is 2. The molecule has 0 N–H and O–H groups in total. The van der Waals surface area contributed by atoms with Crippen LogP contribution in [0.5, 0.6) is 5.75 Å². The van der Waals surface area contributed by atoms with Gasteiger partial charge in [0.25, 0.3) is 0 Å². The Hall–Kier alpha value is -3.60. The summed E-state index contributed by atoms with van der Waals surface area (Å²) in [7, 11) is 5.89. The molecular weight excluding hydrogens is 408 g/mol. The fraction of sp³-hybridized carbons (Fsp3) is 0.286. The molecule has 5 rings (SSSR count). The first-order chi connectivity index (χ1) is 16.1. The summed E-state index contributed by atoms with van der Waals surface area (Å²) in [5.41, 5.74) is 4.49. The predicted molar refractivity (Wildman–Crippen MR) is 136 cm³/mol. The Morgan fingerprint density at radius 3 is 2.33 bits per heavy atom. The third-order valence-corrected chi connectivity index (χ3v) is 6.58. The van der Waals surface area contributed by atoms with Crippen molar-refractivity contribution in [1.82, 2.24) is 9.97 Å². The van der Waals surface area contributed by atoms with Crippen molar-refractivity contribution in [2.75, 3.05) is 44.1 Å². The van der Waals surface area contributed by atoms with Gasteiger partial charge >= 0.3 is 0 Å². The number of rotatable bonds is 5. The molecule has 0 amide bonds. The van der Waals surface area contributed by atoms with E-state index in [1.165, 1.54) is 5.56 Å². The van der Waals surface area contributed by atoms with E-state index in [1.54, 1.807) is 7.11 Å². The average Bonchev–Trinajstić information content (AvgIpc) is 2.88. The molecule has 0 spiro atoms. The third-order valence-electron chi connectivity index (χ3n) is 6.58. The summed E-state index contributed by atoms with van der Waals surface area (Å²) in [5.74, 6) is 3.30. The first-order valence-corrected chi connectivity index (χ1v) is 11.6. The largest absolute Gasteiger partial charge is 0.496 e. The molecule has 168 valence electrons. The van der Waals surface area contributed by atoms with Crippen LogP contribution in [0, 0.1) is 0 Å². The summed E-state index contributed by atoms with van der Waals surface area (Å²) in [5, 5.41) is 1.11. The van der Waals surface area contributed by atoms with Crippen LogP contribution in [0.25, 0.3) is 22.3 Å². The average molecular weight is 439 g/mol. The van der Waals surface area contributed by atoms with E-state index in [1.807, 2.05) is 24.3 Å². The number of ether oxygens (including phenoxy) is 1. The molecule has 1 aromatic heterocycles. The molecule has 1 aliphatic heterocycles. The second-order valence-electron chi connectivity index (χ2n) is 8.84. The van der Waals surface area contributed by atoms with Crippen molar-refractivity contribution in [3.8, 4) is 17.1 Å². The number of piperidine rings is 1. The molecule has 1 aliphatic rings. The van der Waals surface area contributed by atoms with Crippen molar-refractivity contribution in [1.29, 1.82) is 0 Å². The van der Waals surface area contributed by atoms with Gasteiger partial charge in [-0.05, 0) is 48.6 Å². The summed E-state index contributed by atoms with van der Waals surface area (Å²) < 4.78 is 5.63. The van der Waals surface area contributed by atoms with E-state index in [-0.39, 0.29) is 0 Å². The van der Waals surface area contributed by atoms with Crippen molar-refractivity contribution in [3.05, 3.63) is 78.4 Å². The van der Waals surface area contributed by atoms with Gasteiger partial charge in [0.1, 0.15) is 11.6 Å². The Morgan fingerprint density at radius 1 is 0.879 bits per heavy atom. The minimum Gasteiger partial charge on any atom is -0.496 e. The summed E-state index contributed by atoms with van der Waals surface area (Å²) in [4.78, 5) is 14.6. The Bertz CT molecular complexity index is 1250. The van der Waals surface area contributed by atoms with Crippen LogP contribution in [-0.4, -0.2) is 44.3 Å². The van der Waals surface area contributed by atoms with Gasteiger partial charge in [0.05, 0.1) is 12.6 Å². The van der Waals surface area contributed by atoms with E-state index >= 15 is 0 Å². The highest BCUT2D eigenvalue weighted by Crippen LogP contribution is 2.37. The van der Waals surface area contributed by atoms with E-state index < -0.39 is 0 Å². The summed E-state index contributed by atoms with van der Waals surface area (Å²) >= 11 is 0. The molecule has 3 aromatic carbocycles. The van der Waals surface area contributed by atoms with E-state index in [0.29, 0.717) is 5.92 Å². The van der Waals surface area contributed by atoms with Crippen LogP contribution in [0.15, 0.2) is 72.8 Å². The highest BCUT2D eigenvalue weighted by atomic mass is 16.5. The van der Waals surface area contributed by atoms with Crippen molar-refractivity contribution < 1.29 is 4.74 Å². The first-order valence-electron chi connectivity index (χ1n) is 11.6. The maximum atomic E-state index is 5.63. The molecule has 1 fully saturated rings. The fourth-order valence-electron chi connectivity index (χ4n) is 4.74. The second-order valence-corrected chi connectivity index (χ2v) is 8.84. The molecule has 33 heavy (non-hydrogen) atoms. The number of nitrogens with zero attached hydrogens (tertiary/aromatic N) is 4. The summed E-state index contributed by atoms with van der Waals surface area (Å²) in [6.07, 6.45) is 2.14. The van der Waals surface area contributed by atoms with Crippen LogP contribution in [0.4, 0.5) is 11.5 Å². The van der Waals surface area contributed by atoms with Crippen molar-refractivity contribution >= 4 is 22.4 Å². The lowest BCUT2D eigenvalue weighted by atomic mass is 9.88. The summed E-state index contributed by atoms with van der Waals surface area (Å²) in [6.45, 7) is 1.91. The highest BCUT2D eigenvalue weighted by molar-refractivity contribution is 5.93. The van der Waals surface area contributed by atoms with Crippen LogP contribution in [0.2, 0.25) is 0 Å². The monoisotopic (exact) mass is 438 g/mol. The standard InChI is InChI=1S/C28H30N4O/c1-31(2)22-13-14-25-24(19-22)28(30-27(29-25)21-9-5-4-6-10-21)32-17-15-20(16-18-32)23-11-7-8-12-26(23)33-3/h4-14,19-20H,15-18H2,1-3H3. The number of benzene rings is 3. The molecule has 0 atom stereocenters. The number of fused-ring (bicyclic) bond motifs is 1. The molecular formula is C28H30N4O. The zero-order chi connectivity index (χ0) is 22.8. The van der Waals surface area contributed by atoms with Crippen LogP contribution in [0.1, 0.15) is 24.3 Å². The number of para-hydroxylation sites is 1. The van der Waals surface area contributed by atoms with Gasteiger partial charge in [-0.2, -0.15) is 0 Å². The molecule has 4 aromatic rings. The Morgan fingerprint density at radius 2 is 1.61 bits per heavy atom. The molecule has 0 radical (unpaired) electrons. The molecule has 0 saturated carbocycles. The smallest absolute Gasteiger partial charge is 0.162 e. The maximum absolute atomic E-state index is 5.63. The lowest BCUT2D eigenvalue weighted by Crippen LogP contribution is -2.34. The molecule has 1 saturated heterocycles. The van der Waals surface area contributed by atoms with Crippen LogP contribution in [-0.2, 0) is 0 Å². The van der Waals surface area contributed by atoms with Gasteiger partial charge in [-0.1, -0.05) is 48.5 Å². The maximum Gasteiger partial charge on any atom is 0.162 e. The molecule has 5 heteroatoms. The Labute approximate surface area is 195 Å². The van der Waals surface area contributed by atoms with Crippen molar-refractivity contribution in [2.45, 2.75) is 18.8 Å². The zero-order valence-electron chi connectivity index (χ0n) is 19.5. The van der Waals surface area contributed by atoms with Crippen molar-refractivity contribution in [2.24, 2.45) is 0 Å². The minimum absolute atomic E-state index is 0.497. The molecule has 0 unspecified atom stereocenters. The lowest BCUT2D eigenvalue weighted by molar-refractivity contribution is 0.397. The highest BCUT2D eigenvalue weighted by Gasteiger charge is 2.25. The van der Waals surface area contributed by atoms with Gasteiger partial charge in [-0.3, -0.25) is 0 Å². The van der Waals surface area contributed by atoms with Crippen LogP contribution in [0.3, 0.4) is 0 Å². The minimum atomic E-state index is 0.497. The predicted octanol–water partition coefficient (Wildman–Crippen LogP) is 5.76. The third kappa shape index (κ3) is 4.23. The van der Waals surface area contributed by atoms with Gasteiger partial charge in [-0.25, -0.2) is 9.97 Å². The van der Waals surface area contributed by atoms with Crippen molar-refractivity contribution in [3.63, 3.8) is 0 Å². The number of aromatic nitrogens is 2. The molecule has 0 bridgehead atoms. The number of hydrogen-bond donors (Lipinski definition) is 0. The van der Waals surface area contributed by atoms with E-state index in [2.05, 4.69) is 72.4 Å². The topological polar surface area (TPSA) is 41.5 Å².